The van der Waals surface area contributed by atoms with Crippen molar-refractivity contribution in [2.45, 2.75) is 23.8 Å². The van der Waals surface area contributed by atoms with Gasteiger partial charge in [0.15, 0.2) is 0 Å². The van der Waals surface area contributed by atoms with Gasteiger partial charge in [0.1, 0.15) is 0 Å². The van der Waals surface area contributed by atoms with Crippen LogP contribution in [0.25, 0.3) is 0 Å². The molecular formula is C15H16BrN3O. The van der Waals surface area contributed by atoms with Gasteiger partial charge in [-0.15, -0.1) is 0 Å². The Bertz CT molecular complexity index is 570. The Morgan fingerprint density at radius 1 is 1.35 bits per heavy atom. The van der Waals surface area contributed by atoms with E-state index in [9.17, 15) is 4.79 Å². The second-order valence-electron chi connectivity index (χ2n) is 5.03. The first-order valence-electron chi connectivity index (χ1n) is 6.68. The predicted octanol–water partition coefficient (Wildman–Crippen LogP) is 2.62. The van der Waals surface area contributed by atoms with Crippen LogP contribution in [-0.4, -0.2) is 31.7 Å². The Morgan fingerprint density at radius 2 is 2.15 bits per heavy atom. The third-order valence-electron chi connectivity index (χ3n) is 3.61. The molecule has 2 unspecified atom stereocenters. The third kappa shape index (κ3) is 2.77. The molecule has 2 aromatic rings. The van der Waals surface area contributed by atoms with Gasteiger partial charge in [-0.05, 0) is 5.56 Å². The van der Waals surface area contributed by atoms with Crippen molar-refractivity contribution in [2.24, 2.45) is 0 Å². The van der Waals surface area contributed by atoms with Gasteiger partial charge in [-0.2, -0.15) is 0 Å². The average Bonchev–Trinajstić information content (AvgIpc) is 3.07. The van der Waals surface area contributed by atoms with Gasteiger partial charge in [0.05, 0.1) is 12.4 Å². The lowest BCUT2D eigenvalue weighted by Crippen LogP contribution is -2.33. The number of benzene rings is 1. The predicted molar refractivity (Wildman–Crippen MR) is 80.5 cm³/mol. The molecule has 0 aliphatic carbocycles. The summed E-state index contributed by atoms with van der Waals surface area (Å²) in [5.74, 6) is 0.209. The molecule has 0 saturated carbocycles. The number of nitrogens with zero attached hydrogens (tertiary/aromatic N) is 3. The highest BCUT2D eigenvalue weighted by atomic mass is 79.9. The maximum Gasteiger partial charge on any atom is 0.224 e. The van der Waals surface area contributed by atoms with E-state index in [0.717, 1.165) is 18.7 Å². The molecule has 0 spiro atoms. The van der Waals surface area contributed by atoms with Crippen LogP contribution >= 0.6 is 15.9 Å². The quantitative estimate of drug-likeness (QED) is 0.806. The molecule has 1 amide bonds. The van der Waals surface area contributed by atoms with Crippen molar-refractivity contribution in [1.82, 2.24) is 14.5 Å². The fraction of sp³-hybridized carbons (Fsp3) is 0.333. The van der Waals surface area contributed by atoms with E-state index >= 15 is 0 Å². The van der Waals surface area contributed by atoms with Crippen molar-refractivity contribution in [1.29, 1.82) is 0 Å². The van der Waals surface area contributed by atoms with Crippen LogP contribution in [-0.2, 0) is 11.3 Å². The second-order valence-corrected chi connectivity index (χ2v) is 6.33. The van der Waals surface area contributed by atoms with E-state index in [0.29, 0.717) is 6.42 Å². The fourth-order valence-corrected chi connectivity index (χ4v) is 3.23. The number of alkyl halides is 1. The van der Waals surface area contributed by atoms with Gasteiger partial charge in [-0.3, -0.25) is 4.79 Å². The van der Waals surface area contributed by atoms with Crippen molar-refractivity contribution in [3.05, 3.63) is 54.6 Å². The molecule has 5 heteroatoms. The van der Waals surface area contributed by atoms with Crippen LogP contribution in [0, 0.1) is 0 Å². The molecular weight excluding hydrogens is 318 g/mol. The van der Waals surface area contributed by atoms with Gasteiger partial charge in [-0.1, -0.05) is 46.3 Å². The highest BCUT2D eigenvalue weighted by Gasteiger charge is 2.33. The van der Waals surface area contributed by atoms with Gasteiger partial charge in [0, 0.05) is 36.7 Å². The van der Waals surface area contributed by atoms with Gasteiger partial charge in [0.25, 0.3) is 0 Å². The zero-order valence-electron chi connectivity index (χ0n) is 11.0. The lowest BCUT2D eigenvalue weighted by Gasteiger charge is -2.28. The topological polar surface area (TPSA) is 38.1 Å². The van der Waals surface area contributed by atoms with Gasteiger partial charge in [0.2, 0.25) is 5.91 Å². The summed E-state index contributed by atoms with van der Waals surface area (Å²) in [7, 11) is 0. The number of aromatic nitrogens is 2. The number of imidazole rings is 1. The molecule has 4 nitrogen and oxygen atoms in total. The summed E-state index contributed by atoms with van der Waals surface area (Å²) in [5.41, 5.74) is 1.16. The smallest absolute Gasteiger partial charge is 0.224 e. The number of rotatable bonds is 4. The monoisotopic (exact) mass is 333 g/mol. The zero-order chi connectivity index (χ0) is 13.9. The standard InChI is InChI=1S/C15H16BrN3O/c16-13-8-15(20)19(9-13)14(10-18-7-6-17-11-18)12-4-2-1-3-5-12/h1-7,11,13-14H,8-10H2. The van der Waals surface area contributed by atoms with Gasteiger partial charge in [-0.25, -0.2) is 4.98 Å². The van der Waals surface area contributed by atoms with Crippen LogP contribution in [0.1, 0.15) is 18.0 Å². The average molecular weight is 334 g/mol. The molecule has 20 heavy (non-hydrogen) atoms. The van der Waals surface area contributed by atoms with Crippen molar-refractivity contribution in [2.75, 3.05) is 6.54 Å². The number of likely N-dealkylation sites (tertiary alicyclic amines) is 1. The summed E-state index contributed by atoms with van der Waals surface area (Å²) in [4.78, 5) is 18.5. The van der Waals surface area contributed by atoms with E-state index < -0.39 is 0 Å². The number of amides is 1. The highest BCUT2D eigenvalue weighted by molar-refractivity contribution is 9.09. The van der Waals surface area contributed by atoms with Crippen molar-refractivity contribution in [3.8, 4) is 0 Å². The lowest BCUT2D eigenvalue weighted by atomic mass is 10.1. The molecule has 2 heterocycles. The minimum Gasteiger partial charge on any atom is -0.335 e. The number of carbonyl (C=O) groups is 1. The molecule has 2 atom stereocenters. The van der Waals surface area contributed by atoms with Crippen molar-refractivity contribution < 1.29 is 4.79 Å². The molecule has 1 aromatic carbocycles. The second kappa shape index (κ2) is 5.79. The van der Waals surface area contributed by atoms with Crippen LogP contribution in [0.15, 0.2) is 49.1 Å². The SMILES string of the molecule is O=C1CC(Br)CN1C(Cn1ccnc1)c1ccccc1. The molecule has 104 valence electrons. The minimum absolute atomic E-state index is 0.0560. The lowest BCUT2D eigenvalue weighted by molar-refractivity contribution is -0.130. The Labute approximate surface area is 126 Å². The zero-order valence-corrected chi connectivity index (χ0v) is 12.6. The Hall–Kier alpha value is -1.62. The van der Waals surface area contributed by atoms with E-state index in [1.807, 2.05) is 33.9 Å². The van der Waals surface area contributed by atoms with E-state index in [2.05, 4.69) is 33.0 Å². The first-order chi connectivity index (χ1) is 9.74. The molecule has 0 N–H and O–H groups in total. The summed E-state index contributed by atoms with van der Waals surface area (Å²) in [5, 5.41) is 0. The van der Waals surface area contributed by atoms with Crippen molar-refractivity contribution in [3.63, 3.8) is 0 Å². The number of halogens is 1. The molecule has 1 aliphatic rings. The Morgan fingerprint density at radius 3 is 2.75 bits per heavy atom. The van der Waals surface area contributed by atoms with Crippen LogP contribution in [0.5, 0.6) is 0 Å². The fourth-order valence-electron chi connectivity index (χ4n) is 2.64. The van der Waals surface area contributed by atoms with E-state index in [1.54, 1.807) is 12.5 Å². The van der Waals surface area contributed by atoms with E-state index in [-0.39, 0.29) is 16.8 Å². The molecule has 1 saturated heterocycles. The van der Waals surface area contributed by atoms with Crippen molar-refractivity contribution >= 4 is 21.8 Å². The largest absolute Gasteiger partial charge is 0.335 e. The molecule has 3 rings (SSSR count). The summed E-state index contributed by atoms with van der Waals surface area (Å²) < 4.78 is 2.02. The maximum atomic E-state index is 12.2. The summed E-state index contributed by atoms with van der Waals surface area (Å²) in [6.07, 6.45) is 6.07. The normalized spacial score (nSPS) is 20.4. The first kappa shape index (κ1) is 13.4. The van der Waals surface area contributed by atoms with Gasteiger partial charge < -0.3 is 9.47 Å². The Kier molecular flexibility index (Phi) is 3.87. The number of hydrogen-bond acceptors (Lipinski definition) is 2. The molecule has 0 bridgehead atoms. The minimum atomic E-state index is 0.0560. The van der Waals surface area contributed by atoms with Gasteiger partial charge >= 0.3 is 0 Å². The number of hydrogen-bond donors (Lipinski definition) is 0. The summed E-state index contributed by atoms with van der Waals surface area (Å²) >= 11 is 3.56. The van der Waals surface area contributed by atoms with E-state index in [1.165, 1.54) is 0 Å². The number of carbonyl (C=O) groups excluding carboxylic acids is 1. The maximum absolute atomic E-state index is 12.2. The van der Waals surface area contributed by atoms with E-state index in [4.69, 9.17) is 0 Å². The highest BCUT2D eigenvalue weighted by Crippen LogP contribution is 2.30. The Balaban J connectivity index is 1.89. The molecule has 0 radical (unpaired) electrons. The third-order valence-corrected chi connectivity index (χ3v) is 4.23. The van der Waals surface area contributed by atoms with Crippen LogP contribution in [0.3, 0.4) is 0 Å². The van der Waals surface area contributed by atoms with Crippen LogP contribution in [0.4, 0.5) is 0 Å². The molecule has 1 aliphatic heterocycles. The van der Waals surface area contributed by atoms with Crippen LogP contribution < -0.4 is 0 Å². The molecule has 1 fully saturated rings. The summed E-state index contributed by atoms with van der Waals surface area (Å²) in [6, 6.07) is 10.2. The summed E-state index contributed by atoms with van der Waals surface area (Å²) in [6.45, 7) is 1.49. The van der Waals surface area contributed by atoms with Crippen LogP contribution in [0.2, 0.25) is 0 Å². The first-order valence-corrected chi connectivity index (χ1v) is 7.60. The molecule has 1 aromatic heterocycles.